The van der Waals surface area contributed by atoms with E-state index in [-0.39, 0.29) is 5.54 Å². The molecule has 90 valence electrons. The van der Waals surface area contributed by atoms with Crippen LogP contribution in [0.4, 0.5) is 0 Å². The topological polar surface area (TPSA) is 35.2 Å². The van der Waals surface area contributed by atoms with Crippen molar-refractivity contribution in [1.29, 1.82) is 0 Å². The number of nitrogens with two attached hydrogens (primary N) is 1. The maximum absolute atomic E-state index is 6.27. The zero-order chi connectivity index (χ0) is 12.5. The molecule has 3 heteroatoms. The van der Waals surface area contributed by atoms with Crippen LogP contribution in [0.2, 0.25) is 5.02 Å². The van der Waals surface area contributed by atoms with Crippen LogP contribution in [0.1, 0.15) is 30.5 Å². The Labute approximate surface area is 103 Å². The van der Waals surface area contributed by atoms with Crippen LogP contribution >= 0.6 is 11.6 Å². The smallest absolute Gasteiger partial charge is 0.140 e. The Kier molecular flexibility index (Phi) is 3.87. The Bertz CT molecular complexity index is 394. The van der Waals surface area contributed by atoms with Crippen LogP contribution in [0, 0.1) is 13.8 Å². The number of ether oxygens (including phenoxy) is 1. The average molecular weight is 242 g/mol. The van der Waals surface area contributed by atoms with Crippen LogP contribution in [0.25, 0.3) is 0 Å². The minimum absolute atomic E-state index is 0.266. The first-order valence-corrected chi connectivity index (χ1v) is 5.75. The highest BCUT2D eigenvalue weighted by molar-refractivity contribution is 6.33. The first-order chi connectivity index (χ1) is 7.26. The fourth-order valence-electron chi connectivity index (χ4n) is 1.76. The molecule has 0 aliphatic heterocycles. The fourth-order valence-corrected chi connectivity index (χ4v) is 2.11. The van der Waals surface area contributed by atoms with Gasteiger partial charge in [-0.05, 0) is 50.8 Å². The maximum atomic E-state index is 6.27. The lowest BCUT2D eigenvalue weighted by molar-refractivity contribution is 0.402. The molecule has 0 saturated heterocycles. The molecule has 0 fully saturated rings. The van der Waals surface area contributed by atoms with Crippen molar-refractivity contribution in [2.75, 3.05) is 7.11 Å². The zero-order valence-corrected chi connectivity index (χ0v) is 11.4. The van der Waals surface area contributed by atoms with E-state index >= 15 is 0 Å². The largest absolute Gasteiger partial charge is 0.495 e. The van der Waals surface area contributed by atoms with E-state index in [4.69, 9.17) is 22.1 Å². The normalized spacial score (nSPS) is 11.7. The fraction of sp³-hybridized carbons (Fsp3) is 0.538. The number of aryl methyl sites for hydroxylation is 1. The van der Waals surface area contributed by atoms with Crippen molar-refractivity contribution in [1.82, 2.24) is 0 Å². The first kappa shape index (κ1) is 13.3. The summed E-state index contributed by atoms with van der Waals surface area (Å²) in [5, 5.41) is 0.696. The third kappa shape index (κ3) is 2.89. The summed E-state index contributed by atoms with van der Waals surface area (Å²) >= 11 is 6.27. The quantitative estimate of drug-likeness (QED) is 0.882. The van der Waals surface area contributed by atoms with E-state index in [2.05, 4.69) is 6.07 Å². The van der Waals surface area contributed by atoms with E-state index in [0.717, 1.165) is 23.3 Å². The van der Waals surface area contributed by atoms with Crippen molar-refractivity contribution < 1.29 is 4.74 Å². The van der Waals surface area contributed by atoms with Gasteiger partial charge < -0.3 is 10.5 Å². The summed E-state index contributed by atoms with van der Waals surface area (Å²) in [5.74, 6) is 0.753. The lowest BCUT2D eigenvalue weighted by Gasteiger charge is -2.22. The molecule has 0 bridgehead atoms. The molecule has 1 aromatic rings. The number of hydrogen-bond donors (Lipinski definition) is 1. The van der Waals surface area contributed by atoms with Crippen LogP contribution in [-0.2, 0) is 6.42 Å². The van der Waals surface area contributed by atoms with Gasteiger partial charge in [0, 0.05) is 5.54 Å². The van der Waals surface area contributed by atoms with Crippen molar-refractivity contribution in [3.05, 3.63) is 27.8 Å². The molecule has 16 heavy (non-hydrogen) atoms. The molecule has 1 aromatic carbocycles. The van der Waals surface area contributed by atoms with E-state index < -0.39 is 0 Å². The number of methoxy groups -OCH3 is 1. The average Bonchev–Trinajstić information content (AvgIpc) is 2.12. The van der Waals surface area contributed by atoms with Gasteiger partial charge in [-0.2, -0.15) is 0 Å². The van der Waals surface area contributed by atoms with Crippen molar-refractivity contribution in [2.45, 2.75) is 39.7 Å². The summed E-state index contributed by atoms with van der Waals surface area (Å²) in [5.41, 5.74) is 9.08. The second kappa shape index (κ2) is 4.64. The van der Waals surface area contributed by atoms with Crippen molar-refractivity contribution >= 4 is 11.6 Å². The van der Waals surface area contributed by atoms with Gasteiger partial charge in [-0.15, -0.1) is 0 Å². The second-order valence-corrected chi connectivity index (χ2v) is 5.37. The Balaban J connectivity index is 3.28. The van der Waals surface area contributed by atoms with Gasteiger partial charge in [-0.3, -0.25) is 0 Å². The molecule has 0 amide bonds. The van der Waals surface area contributed by atoms with Crippen LogP contribution in [-0.4, -0.2) is 12.6 Å². The number of benzene rings is 1. The molecule has 0 aromatic heterocycles. The third-order valence-corrected chi connectivity index (χ3v) is 3.11. The Hall–Kier alpha value is -0.730. The monoisotopic (exact) mass is 241 g/mol. The van der Waals surface area contributed by atoms with Gasteiger partial charge in [0.25, 0.3) is 0 Å². The lowest BCUT2D eigenvalue weighted by atomic mass is 9.93. The SMILES string of the molecule is COc1c(CC(C)(C)N)cc(C)c(C)c1Cl. The maximum Gasteiger partial charge on any atom is 0.140 e. The van der Waals surface area contributed by atoms with E-state index in [0.29, 0.717) is 5.02 Å². The number of hydrogen-bond acceptors (Lipinski definition) is 2. The molecule has 0 spiro atoms. The van der Waals surface area contributed by atoms with Crippen LogP contribution in [0.3, 0.4) is 0 Å². The predicted molar refractivity (Wildman–Crippen MR) is 69.4 cm³/mol. The summed E-state index contributed by atoms with van der Waals surface area (Å²) < 4.78 is 5.37. The summed E-state index contributed by atoms with van der Waals surface area (Å²) in [7, 11) is 1.64. The van der Waals surface area contributed by atoms with Crippen molar-refractivity contribution in [2.24, 2.45) is 5.73 Å². The number of halogens is 1. The Morgan fingerprint density at radius 3 is 2.38 bits per heavy atom. The van der Waals surface area contributed by atoms with Gasteiger partial charge in [0.15, 0.2) is 0 Å². The van der Waals surface area contributed by atoms with Gasteiger partial charge >= 0.3 is 0 Å². The van der Waals surface area contributed by atoms with Crippen LogP contribution in [0.15, 0.2) is 6.07 Å². The zero-order valence-electron chi connectivity index (χ0n) is 10.6. The second-order valence-electron chi connectivity index (χ2n) is 4.99. The van der Waals surface area contributed by atoms with E-state index in [9.17, 15) is 0 Å². The van der Waals surface area contributed by atoms with Crippen molar-refractivity contribution in [3.63, 3.8) is 0 Å². The highest BCUT2D eigenvalue weighted by Crippen LogP contribution is 2.35. The van der Waals surface area contributed by atoms with Gasteiger partial charge in [-0.25, -0.2) is 0 Å². The molecule has 1 rings (SSSR count). The molecular weight excluding hydrogens is 222 g/mol. The highest BCUT2D eigenvalue weighted by Gasteiger charge is 2.18. The van der Waals surface area contributed by atoms with Gasteiger partial charge in [0.1, 0.15) is 5.75 Å². The molecule has 0 heterocycles. The highest BCUT2D eigenvalue weighted by atomic mass is 35.5. The molecular formula is C13H20ClNO. The molecule has 0 aliphatic rings. The van der Waals surface area contributed by atoms with E-state index in [1.807, 2.05) is 27.7 Å². The summed E-state index contributed by atoms with van der Waals surface area (Å²) in [6, 6.07) is 2.11. The Morgan fingerprint density at radius 2 is 1.94 bits per heavy atom. The number of rotatable bonds is 3. The minimum atomic E-state index is -0.266. The van der Waals surface area contributed by atoms with Crippen LogP contribution in [0.5, 0.6) is 5.75 Å². The third-order valence-electron chi connectivity index (χ3n) is 2.65. The Morgan fingerprint density at radius 1 is 1.38 bits per heavy atom. The summed E-state index contributed by atoms with van der Waals surface area (Å²) in [6.45, 7) is 8.04. The van der Waals surface area contributed by atoms with Gasteiger partial charge in [0.2, 0.25) is 0 Å². The summed E-state index contributed by atoms with van der Waals surface area (Å²) in [4.78, 5) is 0. The first-order valence-electron chi connectivity index (χ1n) is 5.37. The van der Waals surface area contributed by atoms with Gasteiger partial charge in [0.05, 0.1) is 12.1 Å². The molecule has 0 saturated carbocycles. The van der Waals surface area contributed by atoms with Gasteiger partial charge in [-0.1, -0.05) is 17.7 Å². The minimum Gasteiger partial charge on any atom is -0.495 e. The predicted octanol–water partition coefficient (Wildman–Crippen LogP) is 3.25. The van der Waals surface area contributed by atoms with Crippen molar-refractivity contribution in [3.8, 4) is 5.75 Å². The molecule has 2 nitrogen and oxygen atoms in total. The molecule has 0 unspecified atom stereocenters. The molecule has 0 aliphatic carbocycles. The van der Waals surface area contributed by atoms with E-state index in [1.165, 1.54) is 5.56 Å². The standard InChI is InChI=1S/C13H20ClNO/c1-8-6-10(7-13(3,4)15)12(16-5)11(14)9(8)2/h6H,7,15H2,1-5H3. The van der Waals surface area contributed by atoms with Crippen LogP contribution < -0.4 is 10.5 Å². The summed E-state index contributed by atoms with van der Waals surface area (Å²) in [6.07, 6.45) is 0.747. The molecule has 0 radical (unpaired) electrons. The lowest BCUT2D eigenvalue weighted by Crippen LogP contribution is -2.34. The molecule has 0 atom stereocenters. The van der Waals surface area contributed by atoms with E-state index in [1.54, 1.807) is 7.11 Å². The molecule has 2 N–H and O–H groups in total.